The summed E-state index contributed by atoms with van der Waals surface area (Å²) >= 11 is 6.06. The van der Waals surface area contributed by atoms with Gasteiger partial charge in [-0.2, -0.15) is 0 Å². The van der Waals surface area contributed by atoms with Gasteiger partial charge >= 0.3 is 5.97 Å². The third-order valence-electron chi connectivity index (χ3n) is 7.02. The number of phenols is 1. The van der Waals surface area contributed by atoms with Gasteiger partial charge in [-0.1, -0.05) is 36.7 Å². The molecule has 0 bridgehead atoms. The van der Waals surface area contributed by atoms with Gasteiger partial charge in [0.2, 0.25) is 0 Å². The summed E-state index contributed by atoms with van der Waals surface area (Å²) in [7, 11) is 0. The van der Waals surface area contributed by atoms with Crippen molar-refractivity contribution in [3.63, 3.8) is 0 Å². The fourth-order valence-electron chi connectivity index (χ4n) is 5.05. The third kappa shape index (κ3) is 5.19. The average Bonchev–Trinajstić information content (AvgIpc) is 2.84. The molecule has 4 atom stereocenters. The van der Waals surface area contributed by atoms with Gasteiger partial charge in [0.15, 0.2) is 17.3 Å². The molecule has 1 aliphatic carbocycles. The van der Waals surface area contributed by atoms with Gasteiger partial charge < -0.3 is 14.6 Å². The van der Waals surface area contributed by atoms with Crippen LogP contribution in [0.2, 0.25) is 5.02 Å². The van der Waals surface area contributed by atoms with Crippen LogP contribution < -0.4 is 4.74 Å². The largest absolute Gasteiger partial charge is 0.504 e. The van der Waals surface area contributed by atoms with Gasteiger partial charge in [0.25, 0.3) is 0 Å². The molecule has 2 aromatic carbocycles. The topological polar surface area (TPSA) is 85.2 Å². The van der Waals surface area contributed by atoms with E-state index in [2.05, 4.69) is 0 Å². The number of ketones is 1. The number of rotatable bonds is 7. The Hall–Kier alpha value is -3.12. The highest BCUT2D eigenvalue weighted by Gasteiger charge is 2.45. The van der Waals surface area contributed by atoms with Gasteiger partial charge in [-0.25, -0.2) is 0 Å². The molecule has 0 saturated heterocycles. The summed E-state index contributed by atoms with van der Waals surface area (Å²) in [6.45, 7) is 7.83. The number of allylic oxidation sites excluding steroid dienone is 2. The maximum Gasteiger partial charge on any atom is 0.315 e. The van der Waals surface area contributed by atoms with Crippen LogP contribution >= 0.6 is 11.6 Å². The molecule has 4 rings (SSSR count). The molecule has 36 heavy (non-hydrogen) atoms. The summed E-state index contributed by atoms with van der Waals surface area (Å²) in [5, 5.41) is 10.9. The number of nitrogens with zero attached hydrogens (tertiary/aromatic N) is 1. The van der Waals surface area contributed by atoms with Crippen LogP contribution in [-0.4, -0.2) is 35.3 Å². The van der Waals surface area contributed by atoms with Crippen molar-refractivity contribution in [2.45, 2.75) is 64.9 Å². The molecular formula is C29H32ClNO5. The predicted molar refractivity (Wildman–Crippen MR) is 140 cm³/mol. The van der Waals surface area contributed by atoms with Gasteiger partial charge in [0.1, 0.15) is 5.92 Å². The Morgan fingerprint density at radius 3 is 2.50 bits per heavy atom. The number of Topliss-reactive ketones (excluding diaryl/α,β-unsaturated/α-hetero) is 1. The van der Waals surface area contributed by atoms with Crippen LogP contribution in [0.5, 0.6) is 11.5 Å². The average molecular weight is 510 g/mol. The monoisotopic (exact) mass is 509 g/mol. The molecule has 2 aromatic rings. The maximum absolute atomic E-state index is 13.7. The Kier molecular flexibility index (Phi) is 7.84. The van der Waals surface area contributed by atoms with Gasteiger partial charge in [-0.3, -0.25) is 14.6 Å². The number of aromatic hydroxyl groups is 1. The van der Waals surface area contributed by atoms with E-state index in [1.165, 1.54) is 0 Å². The van der Waals surface area contributed by atoms with E-state index in [-0.39, 0.29) is 23.6 Å². The molecule has 2 aliphatic rings. The van der Waals surface area contributed by atoms with E-state index in [0.29, 0.717) is 59.2 Å². The lowest BCUT2D eigenvalue weighted by Gasteiger charge is -2.37. The first-order chi connectivity index (χ1) is 17.2. The Labute approximate surface area is 217 Å². The fourth-order valence-corrected chi connectivity index (χ4v) is 5.17. The molecule has 1 unspecified atom stereocenters. The van der Waals surface area contributed by atoms with Gasteiger partial charge in [0, 0.05) is 34.3 Å². The summed E-state index contributed by atoms with van der Waals surface area (Å²) in [6, 6.07) is 12.6. The van der Waals surface area contributed by atoms with Crippen LogP contribution in [0.15, 0.2) is 58.7 Å². The van der Waals surface area contributed by atoms with Gasteiger partial charge in [0.05, 0.1) is 12.7 Å². The molecule has 0 radical (unpaired) electrons. The van der Waals surface area contributed by atoms with Crippen molar-refractivity contribution in [1.29, 1.82) is 0 Å². The van der Waals surface area contributed by atoms with Crippen molar-refractivity contribution in [1.82, 2.24) is 0 Å². The van der Waals surface area contributed by atoms with Crippen molar-refractivity contribution in [2.24, 2.45) is 10.9 Å². The van der Waals surface area contributed by atoms with Crippen molar-refractivity contribution < 1.29 is 24.2 Å². The number of phenolic OH excluding ortho intramolecular Hbond substituents is 1. The second-order valence-corrected chi connectivity index (χ2v) is 9.90. The normalized spacial score (nSPS) is 22.5. The molecule has 6 nitrogen and oxygen atoms in total. The number of hydrogen-bond donors (Lipinski definition) is 1. The quantitative estimate of drug-likeness (QED) is 0.439. The number of halogens is 1. The van der Waals surface area contributed by atoms with Crippen LogP contribution in [0.3, 0.4) is 0 Å². The SMILES string of the molecule is CCOc1cc([C@H]2C3=C(C[C@@H](c4ccc(Cl)cc4)CC3=O)N=C(C)C2C(=O)O[C@H](C)CC)ccc1O. The van der Waals surface area contributed by atoms with E-state index in [1.807, 2.05) is 52.0 Å². The third-order valence-corrected chi connectivity index (χ3v) is 7.27. The van der Waals surface area contributed by atoms with E-state index >= 15 is 0 Å². The Balaban J connectivity index is 1.80. The number of hydrogen-bond acceptors (Lipinski definition) is 6. The van der Waals surface area contributed by atoms with E-state index in [4.69, 9.17) is 26.1 Å². The summed E-state index contributed by atoms with van der Waals surface area (Å²) < 4.78 is 11.3. The van der Waals surface area contributed by atoms with Crippen LogP contribution in [-0.2, 0) is 14.3 Å². The van der Waals surface area contributed by atoms with E-state index in [1.54, 1.807) is 18.2 Å². The second kappa shape index (κ2) is 10.9. The van der Waals surface area contributed by atoms with Crippen molar-refractivity contribution in [3.8, 4) is 11.5 Å². The Bertz CT molecular complexity index is 1220. The van der Waals surface area contributed by atoms with Crippen LogP contribution in [0.25, 0.3) is 0 Å². The highest BCUT2D eigenvalue weighted by Crippen LogP contribution is 2.48. The number of ether oxygens (including phenoxy) is 2. The lowest BCUT2D eigenvalue weighted by molar-refractivity contribution is -0.151. The smallest absolute Gasteiger partial charge is 0.315 e. The molecule has 1 N–H and O–H groups in total. The minimum atomic E-state index is -0.743. The minimum Gasteiger partial charge on any atom is -0.504 e. The zero-order valence-corrected chi connectivity index (χ0v) is 21.8. The zero-order valence-electron chi connectivity index (χ0n) is 21.1. The van der Waals surface area contributed by atoms with Crippen LogP contribution in [0.1, 0.15) is 69.9 Å². The lowest BCUT2D eigenvalue weighted by atomic mass is 9.69. The molecule has 1 heterocycles. The first-order valence-corrected chi connectivity index (χ1v) is 12.8. The highest BCUT2D eigenvalue weighted by atomic mass is 35.5. The molecule has 7 heteroatoms. The van der Waals surface area contributed by atoms with Crippen LogP contribution in [0, 0.1) is 5.92 Å². The summed E-state index contributed by atoms with van der Waals surface area (Å²) in [6.07, 6.45) is 1.33. The maximum atomic E-state index is 13.7. The van der Waals surface area contributed by atoms with Crippen molar-refractivity contribution in [3.05, 3.63) is 69.9 Å². The molecule has 0 spiro atoms. The standard InChI is InChI=1S/C29H32ClNO5/c1-5-16(3)36-29(34)26-17(4)31-22-13-20(18-7-10-21(30)11-8-18)14-24(33)28(22)27(26)19-9-12-23(32)25(15-19)35-6-2/h7-12,15-16,20,26-27,32H,5-6,13-14H2,1-4H3/t16-,20-,26?,27-/m1/s1. The van der Waals surface area contributed by atoms with Crippen molar-refractivity contribution >= 4 is 29.1 Å². The zero-order chi connectivity index (χ0) is 26.0. The molecular weight excluding hydrogens is 478 g/mol. The lowest BCUT2D eigenvalue weighted by Crippen LogP contribution is -2.39. The number of benzene rings is 2. The number of aliphatic imine (C=N–C) groups is 1. The van der Waals surface area contributed by atoms with Gasteiger partial charge in [-0.05, 0) is 74.9 Å². The molecule has 0 fully saturated rings. The first kappa shape index (κ1) is 26.0. The number of carbonyl (C=O) groups excluding carboxylic acids is 2. The molecule has 1 aliphatic heterocycles. The van der Waals surface area contributed by atoms with E-state index in [9.17, 15) is 14.7 Å². The van der Waals surface area contributed by atoms with Crippen molar-refractivity contribution in [2.75, 3.05) is 6.61 Å². The van der Waals surface area contributed by atoms with Gasteiger partial charge in [-0.15, -0.1) is 0 Å². The number of carbonyl (C=O) groups is 2. The van der Waals surface area contributed by atoms with Crippen LogP contribution in [0.4, 0.5) is 0 Å². The first-order valence-electron chi connectivity index (χ1n) is 12.5. The molecule has 0 amide bonds. The molecule has 190 valence electrons. The summed E-state index contributed by atoms with van der Waals surface area (Å²) in [5.41, 5.74) is 3.60. The fraction of sp³-hybridized carbons (Fsp3) is 0.414. The predicted octanol–water partition coefficient (Wildman–Crippen LogP) is 6.36. The minimum absolute atomic E-state index is 0.00695. The summed E-state index contributed by atoms with van der Waals surface area (Å²) in [5.74, 6) is -1.46. The molecule has 0 aromatic heterocycles. The van der Waals surface area contributed by atoms with E-state index in [0.717, 1.165) is 5.56 Å². The second-order valence-electron chi connectivity index (χ2n) is 9.46. The van der Waals surface area contributed by atoms with E-state index < -0.39 is 17.8 Å². The molecule has 0 saturated carbocycles. The Morgan fingerprint density at radius 2 is 1.83 bits per heavy atom. The Morgan fingerprint density at radius 1 is 1.14 bits per heavy atom. The highest BCUT2D eigenvalue weighted by molar-refractivity contribution is 6.30. The number of esters is 1. The summed E-state index contributed by atoms with van der Waals surface area (Å²) in [4.78, 5) is 31.9.